The van der Waals surface area contributed by atoms with Crippen LogP contribution in [0.2, 0.25) is 0 Å². The number of thioether (sulfide) groups is 1. The van der Waals surface area contributed by atoms with Gasteiger partial charge in [0.15, 0.2) is 0 Å². The first-order valence-electron chi connectivity index (χ1n) is 5.43. The number of ether oxygens (including phenoxy) is 1. The number of hydrogen-bond acceptors (Lipinski definition) is 5. The summed E-state index contributed by atoms with van der Waals surface area (Å²) in [5.74, 6) is -1.20. The number of esters is 1. The maximum absolute atomic E-state index is 11.8. The monoisotopic (exact) mass is 277 g/mol. The van der Waals surface area contributed by atoms with E-state index < -0.39 is 5.97 Å². The Bertz CT molecular complexity index is 594. The fraction of sp³-hybridized carbons (Fsp3) is 0.154. The van der Waals surface area contributed by atoms with Crippen LogP contribution in [0, 0.1) is 0 Å². The van der Waals surface area contributed by atoms with Crippen LogP contribution in [0.15, 0.2) is 40.1 Å². The molecule has 2 rings (SSSR count). The predicted octanol–water partition coefficient (Wildman–Crippen LogP) is 1.45. The zero-order chi connectivity index (χ0) is 14.0. The lowest BCUT2D eigenvalue weighted by Gasteiger charge is -2.08. The first-order valence-corrected chi connectivity index (χ1v) is 6.25. The maximum Gasteiger partial charge on any atom is 0.339 e. The number of rotatable bonds is 3. The molecule has 1 aromatic carbocycles. The SMILES string of the molecule is COC(=O)c1ccccc1SC1=CC(=O)N(C)C1=O. The summed E-state index contributed by atoms with van der Waals surface area (Å²) >= 11 is 1.09. The third-order valence-corrected chi connectivity index (χ3v) is 3.70. The molecule has 0 saturated carbocycles. The Labute approximate surface area is 114 Å². The van der Waals surface area contributed by atoms with E-state index in [0.29, 0.717) is 15.4 Å². The number of hydrogen-bond donors (Lipinski definition) is 0. The highest BCUT2D eigenvalue weighted by molar-refractivity contribution is 8.04. The summed E-state index contributed by atoms with van der Waals surface area (Å²) in [6.45, 7) is 0. The van der Waals surface area contributed by atoms with Gasteiger partial charge in [0.1, 0.15) is 0 Å². The van der Waals surface area contributed by atoms with Gasteiger partial charge >= 0.3 is 5.97 Å². The van der Waals surface area contributed by atoms with Gasteiger partial charge < -0.3 is 4.74 Å². The average molecular weight is 277 g/mol. The summed E-state index contributed by atoms with van der Waals surface area (Å²) in [6, 6.07) is 6.77. The molecule has 5 nitrogen and oxygen atoms in total. The minimum Gasteiger partial charge on any atom is -0.465 e. The molecule has 0 spiro atoms. The Morgan fingerprint density at radius 3 is 2.53 bits per heavy atom. The fourth-order valence-electron chi connectivity index (χ4n) is 1.56. The van der Waals surface area contributed by atoms with Crippen molar-refractivity contribution >= 4 is 29.5 Å². The molecule has 0 N–H and O–H groups in total. The standard InChI is InChI=1S/C13H11NO4S/c1-14-11(15)7-10(12(14)16)19-9-6-4-3-5-8(9)13(17)18-2/h3-7H,1-2H3. The second-order valence-electron chi connectivity index (χ2n) is 3.80. The van der Waals surface area contributed by atoms with Crippen molar-refractivity contribution < 1.29 is 19.1 Å². The highest BCUT2D eigenvalue weighted by Crippen LogP contribution is 2.33. The van der Waals surface area contributed by atoms with E-state index in [1.54, 1.807) is 24.3 Å². The molecule has 1 aliphatic heterocycles. The van der Waals surface area contributed by atoms with Crippen molar-refractivity contribution in [2.24, 2.45) is 0 Å². The van der Waals surface area contributed by atoms with Crippen molar-refractivity contribution in [3.05, 3.63) is 40.8 Å². The molecule has 6 heteroatoms. The van der Waals surface area contributed by atoms with Crippen molar-refractivity contribution in [3.8, 4) is 0 Å². The average Bonchev–Trinajstić information content (AvgIpc) is 2.66. The van der Waals surface area contributed by atoms with Gasteiger partial charge in [-0.2, -0.15) is 0 Å². The van der Waals surface area contributed by atoms with Crippen LogP contribution >= 0.6 is 11.8 Å². The van der Waals surface area contributed by atoms with Crippen LogP contribution in [0.4, 0.5) is 0 Å². The molecule has 0 radical (unpaired) electrons. The lowest BCUT2D eigenvalue weighted by atomic mass is 10.2. The maximum atomic E-state index is 11.8. The van der Waals surface area contributed by atoms with Gasteiger partial charge in [-0.3, -0.25) is 14.5 Å². The van der Waals surface area contributed by atoms with E-state index in [1.807, 2.05) is 0 Å². The zero-order valence-electron chi connectivity index (χ0n) is 10.4. The molecule has 1 aliphatic rings. The van der Waals surface area contributed by atoms with Crippen molar-refractivity contribution in [3.63, 3.8) is 0 Å². The lowest BCUT2D eigenvalue weighted by molar-refractivity contribution is -0.135. The van der Waals surface area contributed by atoms with Crippen LogP contribution in [-0.2, 0) is 14.3 Å². The van der Waals surface area contributed by atoms with Gasteiger partial charge in [0, 0.05) is 18.0 Å². The summed E-state index contributed by atoms with van der Waals surface area (Å²) in [5.41, 5.74) is 0.366. The molecule has 1 aromatic rings. The van der Waals surface area contributed by atoms with E-state index in [4.69, 9.17) is 0 Å². The molecule has 2 amide bonds. The van der Waals surface area contributed by atoms with Gasteiger partial charge in [-0.1, -0.05) is 23.9 Å². The van der Waals surface area contributed by atoms with Gasteiger partial charge in [-0.05, 0) is 12.1 Å². The molecule has 0 unspecified atom stereocenters. The fourth-order valence-corrected chi connectivity index (χ4v) is 2.59. The number of likely N-dealkylation sites (N-methyl/N-ethyl adjacent to an activating group) is 1. The molecule has 0 atom stereocenters. The van der Waals surface area contributed by atoms with Gasteiger partial charge in [-0.15, -0.1) is 0 Å². The Morgan fingerprint density at radius 1 is 1.26 bits per heavy atom. The van der Waals surface area contributed by atoms with E-state index in [1.165, 1.54) is 20.2 Å². The van der Waals surface area contributed by atoms with Gasteiger partial charge in [0.2, 0.25) is 0 Å². The number of imide groups is 1. The lowest BCUT2D eigenvalue weighted by Crippen LogP contribution is -2.25. The van der Waals surface area contributed by atoms with E-state index >= 15 is 0 Å². The minimum atomic E-state index is -0.478. The van der Waals surface area contributed by atoms with Crippen molar-refractivity contribution in [2.45, 2.75) is 4.90 Å². The van der Waals surface area contributed by atoms with Crippen LogP contribution in [-0.4, -0.2) is 36.8 Å². The van der Waals surface area contributed by atoms with Crippen molar-refractivity contribution in [2.75, 3.05) is 14.2 Å². The summed E-state index contributed by atoms with van der Waals surface area (Å²) in [5, 5.41) is 0. The third kappa shape index (κ3) is 2.53. The van der Waals surface area contributed by atoms with Gasteiger partial charge in [0.25, 0.3) is 11.8 Å². The molecule has 0 saturated heterocycles. The second kappa shape index (κ2) is 5.27. The number of nitrogens with zero attached hydrogens (tertiary/aromatic N) is 1. The molecule has 0 fully saturated rings. The summed E-state index contributed by atoms with van der Waals surface area (Å²) in [6.07, 6.45) is 1.26. The van der Waals surface area contributed by atoms with Gasteiger partial charge in [0.05, 0.1) is 17.6 Å². The molecule has 1 heterocycles. The van der Waals surface area contributed by atoms with Crippen LogP contribution in [0.5, 0.6) is 0 Å². The highest BCUT2D eigenvalue weighted by atomic mass is 32.2. The molecule has 0 bridgehead atoms. The Kier molecular flexibility index (Phi) is 3.71. The van der Waals surface area contributed by atoms with E-state index in [9.17, 15) is 14.4 Å². The molecular weight excluding hydrogens is 266 g/mol. The highest BCUT2D eigenvalue weighted by Gasteiger charge is 2.29. The minimum absolute atomic E-state index is 0.295. The molecule has 98 valence electrons. The number of carbonyl (C=O) groups excluding carboxylic acids is 3. The molecular formula is C13H11NO4S. The summed E-state index contributed by atoms with van der Waals surface area (Å²) in [4.78, 5) is 36.7. The topological polar surface area (TPSA) is 63.7 Å². The van der Waals surface area contributed by atoms with E-state index in [2.05, 4.69) is 4.74 Å². The normalized spacial score (nSPS) is 14.6. The second-order valence-corrected chi connectivity index (χ2v) is 4.88. The number of carbonyl (C=O) groups is 3. The largest absolute Gasteiger partial charge is 0.465 e. The Hall–Kier alpha value is -2.08. The van der Waals surface area contributed by atoms with Crippen molar-refractivity contribution in [1.82, 2.24) is 4.90 Å². The third-order valence-electron chi connectivity index (χ3n) is 2.61. The number of methoxy groups -OCH3 is 1. The first kappa shape index (κ1) is 13.4. The molecule has 19 heavy (non-hydrogen) atoms. The van der Waals surface area contributed by atoms with E-state index in [0.717, 1.165) is 16.7 Å². The number of benzene rings is 1. The summed E-state index contributed by atoms with van der Waals surface area (Å²) < 4.78 is 4.68. The zero-order valence-corrected chi connectivity index (χ0v) is 11.2. The van der Waals surface area contributed by atoms with Crippen LogP contribution in [0.1, 0.15) is 10.4 Å². The van der Waals surface area contributed by atoms with Crippen LogP contribution in [0.25, 0.3) is 0 Å². The van der Waals surface area contributed by atoms with Crippen LogP contribution in [0.3, 0.4) is 0 Å². The molecule has 0 aromatic heterocycles. The Balaban J connectivity index is 2.30. The quantitative estimate of drug-likeness (QED) is 0.618. The predicted molar refractivity (Wildman–Crippen MR) is 69.5 cm³/mol. The van der Waals surface area contributed by atoms with Gasteiger partial charge in [-0.25, -0.2) is 4.79 Å². The van der Waals surface area contributed by atoms with E-state index in [-0.39, 0.29) is 11.8 Å². The van der Waals surface area contributed by atoms with Crippen molar-refractivity contribution in [1.29, 1.82) is 0 Å². The smallest absolute Gasteiger partial charge is 0.339 e. The molecule has 0 aliphatic carbocycles. The first-order chi connectivity index (χ1) is 9.04. The van der Waals surface area contributed by atoms with Crippen LogP contribution < -0.4 is 0 Å². The summed E-state index contributed by atoms with van der Waals surface area (Å²) in [7, 11) is 2.71. The number of amides is 2. The Morgan fingerprint density at radius 2 is 1.95 bits per heavy atom.